The topological polar surface area (TPSA) is 237 Å². The number of hydrogen-bond acceptors (Lipinski definition) is 15. The van der Waals surface area contributed by atoms with E-state index in [1.807, 2.05) is 0 Å². The van der Waals surface area contributed by atoms with E-state index in [9.17, 15) is 43.2 Å². The maximum absolute atomic E-state index is 13.1. The van der Waals surface area contributed by atoms with Gasteiger partial charge in [0.25, 0.3) is 0 Å². The molecule has 0 aromatic carbocycles. The Bertz CT molecular complexity index is 2200. The Kier molecular flexibility index (Phi) is 77.6. The van der Waals surface area contributed by atoms with Gasteiger partial charge in [0.05, 0.1) is 26.4 Å². The van der Waals surface area contributed by atoms with Gasteiger partial charge in [-0.2, -0.15) is 0 Å². The van der Waals surface area contributed by atoms with Crippen LogP contribution in [0.4, 0.5) is 0 Å². The lowest BCUT2D eigenvalue weighted by atomic mass is 9.99. The van der Waals surface area contributed by atoms with E-state index in [1.165, 1.54) is 244 Å². The zero-order valence-corrected chi connectivity index (χ0v) is 73.3. The molecule has 0 saturated heterocycles. The van der Waals surface area contributed by atoms with Gasteiger partial charge in [-0.3, -0.25) is 37.3 Å². The van der Waals surface area contributed by atoms with Gasteiger partial charge >= 0.3 is 39.5 Å². The lowest BCUT2D eigenvalue weighted by Crippen LogP contribution is -2.30. The highest BCUT2D eigenvalue weighted by atomic mass is 31.2. The molecule has 0 bridgehead atoms. The summed E-state index contributed by atoms with van der Waals surface area (Å²) < 4.78 is 68.9. The van der Waals surface area contributed by atoms with Crippen LogP contribution in [0.5, 0.6) is 0 Å². The van der Waals surface area contributed by atoms with Gasteiger partial charge in [0.15, 0.2) is 12.2 Å². The van der Waals surface area contributed by atoms with Crippen LogP contribution < -0.4 is 0 Å². The summed E-state index contributed by atoms with van der Waals surface area (Å²) in [6.45, 7) is 12.0. The first-order valence-electron chi connectivity index (χ1n) is 45.8. The second-order valence-corrected chi connectivity index (χ2v) is 35.3. The molecule has 19 heteroatoms. The summed E-state index contributed by atoms with van der Waals surface area (Å²) in [7, 11) is -9.95. The molecule has 17 nitrogen and oxygen atoms in total. The number of aliphatic hydroxyl groups is 1. The summed E-state index contributed by atoms with van der Waals surface area (Å²) in [5.41, 5.74) is 0. The summed E-state index contributed by atoms with van der Waals surface area (Å²) in [4.78, 5) is 73.3. The molecule has 0 fully saturated rings. The van der Waals surface area contributed by atoms with E-state index >= 15 is 0 Å². The number of esters is 4. The molecule has 0 spiro atoms. The Morgan fingerprint density at radius 1 is 0.294 bits per heavy atom. The Labute approximate surface area is 669 Å². The van der Waals surface area contributed by atoms with Crippen molar-refractivity contribution in [3.05, 3.63) is 24.3 Å². The van der Waals surface area contributed by atoms with Gasteiger partial charge in [-0.25, -0.2) is 9.13 Å². The minimum Gasteiger partial charge on any atom is -0.462 e. The Morgan fingerprint density at radius 2 is 0.514 bits per heavy atom. The molecular weight excluding hydrogens is 1410 g/mol. The highest BCUT2D eigenvalue weighted by molar-refractivity contribution is 7.47. The largest absolute Gasteiger partial charge is 0.472 e. The Morgan fingerprint density at radius 3 is 0.771 bits per heavy atom. The van der Waals surface area contributed by atoms with Gasteiger partial charge in [-0.1, -0.05) is 400 Å². The number of allylic oxidation sites excluding steroid dienone is 4. The van der Waals surface area contributed by atoms with Gasteiger partial charge in [0, 0.05) is 25.7 Å². The molecule has 0 aromatic rings. The number of unbranched alkanes of at least 4 members (excludes halogenated alkanes) is 48. The Hall–Kier alpha value is -2.46. The van der Waals surface area contributed by atoms with E-state index < -0.39 is 97.5 Å². The average Bonchev–Trinajstić information content (AvgIpc) is 0.900. The molecule has 8 atom stereocenters. The average molecular weight is 1590 g/mol. The van der Waals surface area contributed by atoms with Gasteiger partial charge in [0.2, 0.25) is 0 Å². The van der Waals surface area contributed by atoms with Gasteiger partial charge < -0.3 is 33.8 Å². The highest BCUT2D eigenvalue weighted by Crippen LogP contribution is 2.45. The van der Waals surface area contributed by atoms with Crippen molar-refractivity contribution in [2.45, 2.75) is 471 Å². The molecule has 109 heavy (non-hydrogen) atoms. The van der Waals surface area contributed by atoms with Crippen molar-refractivity contribution in [2.75, 3.05) is 39.6 Å². The van der Waals surface area contributed by atoms with Crippen LogP contribution in [0.25, 0.3) is 0 Å². The molecule has 0 heterocycles. The monoisotopic (exact) mass is 1590 g/mol. The third-order valence-corrected chi connectivity index (χ3v) is 23.5. The first kappa shape index (κ1) is 107. The van der Waals surface area contributed by atoms with Crippen LogP contribution in [-0.4, -0.2) is 96.7 Å². The van der Waals surface area contributed by atoms with E-state index in [2.05, 4.69) is 72.8 Å². The summed E-state index contributed by atoms with van der Waals surface area (Å²) in [6.07, 6.45) is 74.5. The van der Waals surface area contributed by atoms with Crippen molar-refractivity contribution in [3.8, 4) is 0 Å². The third-order valence-electron chi connectivity index (χ3n) is 21.6. The first-order chi connectivity index (χ1) is 52.8. The molecule has 0 aliphatic carbocycles. The smallest absolute Gasteiger partial charge is 0.462 e. The van der Waals surface area contributed by atoms with Crippen LogP contribution in [-0.2, 0) is 65.4 Å². The highest BCUT2D eigenvalue weighted by Gasteiger charge is 2.31. The van der Waals surface area contributed by atoms with Crippen LogP contribution in [0.1, 0.15) is 453 Å². The second-order valence-electron chi connectivity index (χ2n) is 32.4. The molecule has 0 aliphatic heterocycles. The molecule has 0 amide bonds. The van der Waals surface area contributed by atoms with Crippen molar-refractivity contribution in [3.63, 3.8) is 0 Å². The minimum atomic E-state index is -4.98. The van der Waals surface area contributed by atoms with E-state index in [4.69, 9.17) is 37.0 Å². The number of phosphoric acid groups is 2. The summed E-state index contributed by atoms with van der Waals surface area (Å²) >= 11 is 0. The van der Waals surface area contributed by atoms with Crippen LogP contribution in [0.3, 0.4) is 0 Å². The van der Waals surface area contributed by atoms with Crippen LogP contribution in [0.15, 0.2) is 24.3 Å². The lowest BCUT2D eigenvalue weighted by molar-refractivity contribution is -0.161. The Balaban J connectivity index is 5.20. The van der Waals surface area contributed by atoms with E-state index in [-0.39, 0.29) is 25.7 Å². The number of aliphatic hydroxyl groups excluding tert-OH is 1. The fourth-order valence-electron chi connectivity index (χ4n) is 13.4. The number of hydrogen-bond donors (Lipinski definition) is 3. The predicted molar refractivity (Wildman–Crippen MR) is 450 cm³/mol. The van der Waals surface area contributed by atoms with Crippen LogP contribution >= 0.6 is 15.6 Å². The van der Waals surface area contributed by atoms with E-state index in [0.717, 1.165) is 127 Å². The van der Waals surface area contributed by atoms with Crippen LogP contribution in [0, 0.1) is 17.8 Å². The predicted octanol–water partition coefficient (Wildman–Crippen LogP) is 27.2. The van der Waals surface area contributed by atoms with Crippen molar-refractivity contribution in [1.82, 2.24) is 0 Å². The van der Waals surface area contributed by atoms with E-state index in [0.29, 0.717) is 25.7 Å². The molecule has 0 radical (unpaired) electrons. The van der Waals surface area contributed by atoms with Crippen molar-refractivity contribution >= 4 is 39.5 Å². The fraction of sp³-hybridized carbons (Fsp3) is 0.911. The number of carbonyl (C=O) groups excluding carboxylic acids is 4. The zero-order chi connectivity index (χ0) is 80.0. The second kappa shape index (κ2) is 79.4. The van der Waals surface area contributed by atoms with Gasteiger partial charge in [0.1, 0.15) is 19.3 Å². The lowest BCUT2D eigenvalue weighted by Gasteiger charge is -2.21. The van der Waals surface area contributed by atoms with Gasteiger partial charge in [-0.15, -0.1) is 0 Å². The third kappa shape index (κ3) is 79.2. The molecule has 644 valence electrons. The molecule has 0 rings (SSSR count). The molecule has 0 saturated carbocycles. The van der Waals surface area contributed by atoms with Crippen molar-refractivity contribution in [1.29, 1.82) is 0 Å². The molecule has 5 unspecified atom stereocenters. The van der Waals surface area contributed by atoms with Crippen molar-refractivity contribution < 1.29 is 80.2 Å². The summed E-state index contributed by atoms with van der Waals surface area (Å²) in [5, 5.41) is 10.7. The van der Waals surface area contributed by atoms with Crippen molar-refractivity contribution in [2.24, 2.45) is 17.8 Å². The van der Waals surface area contributed by atoms with Gasteiger partial charge in [-0.05, 0) is 69.1 Å². The number of ether oxygens (including phenoxy) is 4. The van der Waals surface area contributed by atoms with E-state index in [1.54, 1.807) is 0 Å². The maximum Gasteiger partial charge on any atom is 0.472 e. The fourth-order valence-corrected chi connectivity index (χ4v) is 15.0. The summed E-state index contributed by atoms with van der Waals surface area (Å²) in [6, 6.07) is 0. The molecule has 3 N–H and O–H groups in total. The number of carbonyl (C=O) groups is 4. The number of rotatable bonds is 86. The maximum atomic E-state index is 13.1. The number of phosphoric ester groups is 2. The van der Waals surface area contributed by atoms with Crippen LogP contribution in [0.2, 0.25) is 0 Å². The summed E-state index contributed by atoms with van der Waals surface area (Å²) in [5.74, 6) is 0.338. The first-order valence-corrected chi connectivity index (χ1v) is 48.8. The quantitative estimate of drug-likeness (QED) is 0.0169. The SMILES string of the molecule is CCCCCC/C=C\C=C/CCCCCCCC(=O)O[C@H](COC(=O)CCCCCCCCCCCCCCCCCCCCC(C)CC)COP(=O)(O)OC[C@@H](O)COP(=O)(O)OC[C@@H](COC(=O)CCCCCCCCC(C)CC)OC(=O)CCCCCCCCCCCCCCCCCCCCC(C)CC. The molecule has 0 aromatic heterocycles. The minimum absolute atomic E-state index is 0.0855. The molecular formula is C90H172O17P2. The zero-order valence-electron chi connectivity index (χ0n) is 71.5. The normalized spacial score (nSPS) is 14.7. The standard InChI is InChI=1S/C90H172O17P2/c1-8-12-13-14-15-16-17-18-27-35-40-45-50-59-66-73-89(94)106-85(77-100-87(92)71-64-57-49-44-39-34-30-25-21-19-23-28-32-37-42-47-54-61-68-81(5)9-2)79-104-108(96,97)102-75-84(91)76-103-109(98,99)105-80-86(78-101-88(93)72-65-58-53-52-56-63-70-83(7)11-4)107-90(95)74-67-60-51-46-41-36-31-26-22-20-24-29-33-38-43-48-55-62-69-82(6)10-3/h16-18,27,81-86,91H,8-15,19-26,28-80H2,1-7H3,(H,96,97)(H,98,99)/b17-16-,27-18-/t81?,82?,83?,84-,85-,86-/m1/s1. The molecule has 0 aliphatic rings.